The number of aryl methyl sites for hydroxylation is 1. The normalized spacial score (nSPS) is 19.1. The molecule has 3 heterocycles. The van der Waals surface area contributed by atoms with Crippen LogP contribution in [0.5, 0.6) is 11.5 Å². The van der Waals surface area contributed by atoms with E-state index in [2.05, 4.69) is 35.5 Å². The van der Waals surface area contributed by atoms with E-state index in [1.807, 2.05) is 0 Å². The van der Waals surface area contributed by atoms with Crippen molar-refractivity contribution in [2.75, 3.05) is 44.8 Å². The zero-order chi connectivity index (χ0) is 24.4. The van der Waals surface area contributed by atoms with Crippen LogP contribution in [-0.2, 0) is 27.8 Å². The van der Waals surface area contributed by atoms with Crippen LogP contribution in [0.3, 0.4) is 0 Å². The summed E-state index contributed by atoms with van der Waals surface area (Å²) in [6.07, 6.45) is 3.98. The minimum Gasteiger partial charge on any atom is -0.490 e. The van der Waals surface area contributed by atoms with E-state index in [-0.39, 0.29) is 16.7 Å². The average molecular weight is 500 g/mol. The number of carbonyl (C=O) groups is 1. The first-order chi connectivity index (χ1) is 16.9. The number of piperidine rings is 1. The standard InChI is InChI=1S/C26H33N3O5S/c1-28-11-2-4-21-16-19(5-7-23(21)28)18-27-26(30)20-9-12-29(13-10-20)35(31,32)22-6-8-24-25(17-22)34-15-3-14-33-24/h5-8,16-17,20H,2-4,9-15,18H2,1H3,(H,27,30). The summed E-state index contributed by atoms with van der Waals surface area (Å²) in [5.41, 5.74) is 3.70. The molecule has 5 rings (SSSR count). The van der Waals surface area contributed by atoms with Crippen LogP contribution in [0.4, 0.5) is 5.69 Å². The average Bonchev–Trinajstić information content (AvgIpc) is 3.12. The van der Waals surface area contributed by atoms with Crippen molar-refractivity contribution in [1.82, 2.24) is 9.62 Å². The van der Waals surface area contributed by atoms with Crippen LogP contribution in [0.15, 0.2) is 41.3 Å². The van der Waals surface area contributed by atoms with Gasteiger partial charge in [-0.3, -0.25) is 4.79 Å². The van der Waals surface area contributed by atoms with Gasteiger partial charge in [-0.1, -0.05) is 12.1 Å². The van der Waals surface area contributed by atoms with Gasteiger partial charge in [-0.2, -0.15) is 4.31 Å². The molecule has 2 aromatic rings. The zero-order valence-electron chi connectivity index (χ0n) is 20.2. The summed E-state index contributed by atoms with van der Waals surface area (Å²) >= 11 is 0. The highest BCUT2D eigenvalue weighted by Gasteiger charge is 2.32. The first-order valence-electron chi connectivity index (χ1n) is 12.4. The number of fused-ring (bicyclic) bond motifs is 2. The van der Waals surface area contributed by atoms with Crippen molar-refractivity contribution in [1.29, 1.82) is 0 Å². The van der Waals surface area contributed by atoms with Gasteiger partial charge in [0.15, 0.2) is 11.5 Å². The Bertz CT molecular complexity index is 1190. The lowest BCUT2D eigenvalue weighted by atomic mass is 9.96. The first kappa shape index (κ1) is 23.9. The van der Waals surface area contributed by atoms with Gasteiger partial charge in [-0.25, -0.2) is 8.42 Å². The molecule has 1 saturated heterocycles. The van der Waals surface area contributed by atoms with Gasteiger partial charge < -0.3 is 19.7 Å². The van der Waals surface area contributed by atoms with Crippen molar-refractivity contribution >= 4 is 21.6 Å². The summed E-state index contributed by atoms with van der Waals surface area (Å²) in [6, 6.07) is 11.2. The Labute approximate surface area is 207 Å². The fraction of sp³-hybridized carbons (Fsp3) is 0.500. The highest BCUT2D eigenvalue weighted by atomic mass is 32.2. The third kappa shape index (κ3) is 5.11. The van der Waals surface area contributed by atoms with Gasteiger partial charge in [0.25, 0.3) is 0 Å². The number of carbonyl (C=O) groups excluding carboxylic acids is 1. The molecule has 0 spiro atoms. The zero-order valence-corrected chi connectivity index (χ0v) is 21.0. The third-order valence-electron chi connectivity index (χ3n) is 7.14. The second-order valence-electron chi connectivity index (χ2n) is 9.54. The van der Waals surface area contributed by atoms with Crippen molar-refractivity contribution < 1.29 is 22.7 Å². The Kier molecular flexibility index (Phi) is 6.88. The molecule has 0 aliphatic carbocycles. The Balaban J connectivity index is 1.16. The maximum Gasteiger partial charge on any atom is 0.243 e. The molecule has 0 radical (unpaired) electrons. The minimum absolute atomic E-state index is 0.00698. The number of rotatable bonds is 5. The van der Waals surface area contributed by atoms with Crippen molar-refractivity contribution in [2.45, 2.75) is 43.5 Å². The number of anilines is 1. The molecule has 0 saturated carbocycles. The predicted molar refractivity (Wildman–Crippen MR) is 133 cm³/mol. The molecular weight excluding hydrogens is 466 g/mol. The van der Waals surface area contributed by atoms with E-state index in [9.17, 15) is 13.2 Å². The second-order valence-corrected chi connectivity index (χ2v) is 11.5. The maximum atomic E-state index is 13.2. The smallest absolute Gasteiger partial charge is 0.243 e. The van der Waals surface area contributed by atoms with E-state index in [1.165, 1.54) is 15.6 Å². The quantitative estimate of drug-likeness (QED) is 0.681. The number of amides is 1. The van der Waals surface area contributed by atoms with Crippen molar-refractivity contribution in [3.63, 3.8) is 0 Å². The number of hydrogen-bond acceptors (Lipinski definition) is 6. The van der Waals surface area contributed by atoms with E-state index in [0.29, 0.717) is 57.2 Å². The molecule has 35 heavy (non-hydrogen) atoms. The van der Waals surface area contributed by atoms with E-state index in [1.54, 1.807) is 18.2 Å². The van der Waals surface area contributed by atoms with Crippen molar-refractivity contribution in [2.24, 2.45) is 5.92 Å². The molecule has 0 unspecified atom stereocenters. The maximum absolute atomic E-state index is 13.2. The molecule has 3 aliphatic heterocycles. The number of ether oxygens (including phenoxy) is 2. The Morgan fingerprint density at radius 3 is 2.57 bits per heavy atom. The van der Waals surface area contributed by atoms with Crippen LogP contribution in [0.25, 0.3) is 0 Å². The van der Waals surface area contributed by atoms with Crippen molar-refractivity contribution in [3.8, 4) is 11.5 Å². The van der Waals surface area contributed by atoms with Gasteiger partial charge in [0.05, 0.1) is 18.1 Å². The lowest BCUT2D eigenvalue weighted by molar-refractivity contribution is -0.126. The number of sulfonamides is 1. The van der Waals surface area contributed by atoms with Crippen LogP contribution >= 0.6 is 0 Å². The number of benzene rings is 2. The molecule has 9 heteroatoms. The fourth-order valence-electron chi connectivity index (χ4n) is 5.09. The third-order valence-corrected chi connectivity index (χ3v) is 9.04. The molecule has 0 bridgehead atoms. The minimum atomic E-state index is -3.66. The summed E-state index contributed by atoms with van der Waals surface area (Å²) in [7, 11) is -1.55. The second kappa shape index (κ2) is 10.1. The van der Waals surface area contributed by atoms with Gasteiger partial charge in [0.2, 0.25) is 15.9 Å². The lowest BCUT2D eigenvalue weighted by Gasteiger charge is -2.31. The van der Waals surface area contributed by atoms with E-state index in [0.717, 1.165) is 31.4 Å². The van der Waals surface area contributed by atoms with Crippen LogP contribution in [0.1, 0.15) is 36.8 Å². The van der Waals surface area contributed by atoms with E-state index in [4.69, 9.17) is 9.47 Å². The highest BCUT2D eigenvalue weighted by molar-refractivity contribution is 7.89. The highest BCUT2D eigenvalue weighted by Crippen LogP contribution is 2.34. The Morgan fingerprint density at radius 1 is 1.00 bits per heavy atom. The summed E-state index contributed by atoms with van der Waals surface area (Å²) < 4.78 is 39.2. The Hall–Kier alpha value is -2.78. The van der Waals surface area contributed by atoms with Crippen LogP contribution in [0.2, 0.25) is 0 Å². The molecule has 8 nitrogen and oxygen atoms in total. The first-order valence-corrected chi connectivity index (χ1v) is 13.9. The van der Waals surface area contributed by atoms with Crippen LogP contribution in [-0.4, -0.2) is 58.5 Å². The predicted octanol–water partition coefficient (Wildman–Crippen LogP) is 2.95. The fourth-order valence-corrected chi connectivity index (χ4v) is 6.58. The van der Waals surface area contributed by atoms with Gasteiger partial charge in [-0.15, -0.1) is 0 Å². The number of nitrogens with one attached hydrogen (secondary N) is 1. The summed E-state index contributed by atoms with van der Waals surface area (Å²) in [4.78, 5) is 15.3. The summed E-state index contributed by atoms with van der Waals surface area (Å²) in [6.45, 7) is 3.26. The van der Waals surface area contributed by atoms with Crippen LogP contribution in [0, 0.1) is 5.92 Å². The van der Waals surface area contributed by atoms with Gasteiger partial charge in [-0.05, 0) is 55.0 Å². The van der Waals surface area contributed by atoms with Gasteiger partial charge in [0, 0.05) is 57.3 Å². The largest absolute Gasteiger partial charge is 0.490 e. The van der Waals surface area contributed by atoms with Gasteiger partial charge in [0.1, 0.15) is 0 Å². The van der Waals surface area contributed by atoms with Gasteiger partial charge >= 0.3 is 0 Å². The van der Waals surface area contributed by atoms with E-state index < -0.39 is 10.0 Å². The molecule has 2 aromatic carbocycles. The molecule has 3 aliphatic rings. The molecule has 1 N–H and O–H groups in total. The topological polar surface area (TPSA) is 88.2 Å². The number of nitrogens with zero attached hydrogens (tertiary/aromatic N) is 2. The molecule has 188 valence electrons. The molecule has 1 amide bonds. The SMILES string of the molecule is CN1CCCc2cc(CNC(=O)C3CCN(S(=O)(=O)c4ccc5c(c4)OCCCO5)CC3)ccc21. The summed E-state index contributed by atoms with van der Waals surface area (Å²) in [5, 5.41) is 3.06. The summed E-state index contributed by atoms with van der Waals surface area (Å²) in [5.74, 6) is 0.843. The lowest BCUT2D eigenvalue weighted by Crippen LogP contribution is -2.42. The molecule has 0 aromatic heterocycles. The molecular formula is C26H33N3O5S. The van der Waals surface area contributed by atoms with Crippen LogP contribution < -0.4 is 19.7 Å². The molecule has 1 fully saturated rings. The number of hydrogen-bond donors (Lipinski definition) is 1. The monoisotopic (exact) mass is 499 g/mol. The molecule has 0 atom stereocenters. The van der Waals surface area contributed by atoms with Crippen molar-refractivity contribution in [3.05, 3.63) is 47.5 Å². The van der Waals surface area contributed by atoms with E-state index >= 15 is 0 Å². The Morgan fingerprint density at radius 2 is 1.77 bits per heavy atom.